The van der Waals surface area contributed by atoms with Crippen LogP contribution in [0.15, 0.2) is 41.3 Å². The number of hydrogen-bond acceptors (Lipinski definition) is 3. The summed E-state index contributed by atoms with van der Waals surface area (Å²) in [6.07, 6.45) is 1.53. The molecule has 0 atom stereocenters. The van der Waals surface area contributed by atoms with Crippen molar-refractivity contribution in [2.75, 3.05) is 5.32 Å². The lowest BCUT2D eigenvalue weighted by molar-refractivity contribution is -0.112. The van der Waals surface area contributed by atoms with Crippen LogP contribution in [-0.4, -0.2) is 5.91 Å². The fourth-order valence-corrected chi connectivity index (χ4v) is 2.46. The van der Waals surface area contributed by atoms with Crippen molar-refractivity contribution < 1.29 is 4.79 Å². The molecule has 3 nitrogen and oxygen atoms in total. The van der Waals surface area contributed by atoms with Gasteiger partial charge in [-0.05, 0) is 29.7 Å². The van der Waals surface area contributed by atoms with E-state index < -0.39 is 5.91 Å². The van der Waals surface area contributed by atoms with Gasteiger partial charge in [0.05, 0.1) is 15.7 Å². The molecule has 1 amide bonds. The lowest BCUT2D eigenvalue weighted by Crippen LogP contribution is -2.13. The summed E-state index contributed by atoms with van der Waals surface area (Å²) in [4.78, 5) is 12.9. The van der Waals surface area contributed by atoms with Gasteiger partial charge in [0.2, 0.25) is 0 Å². The van der Waals surface area contributed by atoms with Gasteiger partial charge >= 0.3 is 0 Å². The summed E-state index contributed by atoms with van der Waals surface area (Å²) >= 11 is 13.3. The maximum atomic E-state index is 12.0. The molecule has 0 fully saturated rings. The molecule has 6 heteroatoms. The van der Waals surface area contributed by atoms with E-state index >= 15 is 0 Å². The normalized spacial score (nSPS) is 10.9. The molecule has 20 heavy (non-hydrogen) atoms. The second-order valence-corrected chi connectivity index (χ2v) is 5.51. The first-order valence-corrected chi connectivity index (χ1v) is 7.16. The molecule has 1 N–H and O–H groups in total. The third-order valence-corrected chi connectivity index (χ3v) is 4.03. The van der Waals surface area contributed by atoms with Gasteiger partial charge in [0.25, 0.3) is 5.91 Å². The number of anilines is 1. The Morgan fingerprint density at radius 2 is 2.10 bits per heavy atom. The first-order valence-electron chi connectivity index (χ1n) is 5.52. The van der Waals surface area contributed by atoms with Crippen LogP contribution < -0.4 is 5.32 Å². The van der Waals surface area contributed by atoms with Crippen LogP contribution in [0.4, 0.5) is 5.69 Å². The van der Waals surface area contributed by atoms with Gasteiger partial charge < -0.3 is 5.32 Å². The van der Waals surface area contributed by atoms with Crippen LogP contribution in [0.2, 0.25) is 10.0 Å². The minimum atomic E-state index is -0.523. The molecule has 1 heterocycles. The van der Waals surface area contributed by atoms with Crippen LogP contribution in [0.5, 0.6) is 0 Å². The Morgan fingerprint density at radius 3 is 2.75 bits per heavy atom. The molecule has 2 aromatic rings. The molecule has 0 aliphatic heterocycles. The number of nitriles is 1. The van der Waals surface area contributed by atoms with Crippen molar-refractivity contribution in [3.05, 3.63) is 56.2 Å². The van der Waals surface area contributed by atoms with Gasteiger partial charge in [-0.15, -0.1) is 11.3 Å². The van der Waals surface area contributed by atoms with E-state index in [1.54, 1.807) is 18.2 Å². The summed E-state index contributed by atoms with van der Waals surface area (Å²) in [6.45, 7) is 0. The highest BCUT2D eigenvalue weighted by atomic mass is 35.5. The molecule has 0 aliphatic carbocycles. The van der Waals surface area contributed by atoms with Crippen molar-refractivity contribution in [2.24, 2.45) is 0 Å². The minimum Gasteiger partial charge on any atom is -0.320 e. The summed E-state index contributed by atoms with van der Waals surface area (Å²) in [5.74, 6) is -0.523. The number of carbonyl (C=O) groups excluding carboxylic acids is 1. The van der Waals surface area contributed by atoms with Crippen LogP contribution in [0.1, 0.15) is 4.88 Å². The van der Waals surface area contributed by atoms with Crippen molar-refractivity contribution in [1.82, 2.24) is 0 Å². The van der Waals surface area contributed by atoms with E-state index in [-0.39, 0.29) is 10.6 Å². The number of hydrogen-bond donors (Lipinski definition) is 1. The molecule has 1 aromatic heterocycles. The van der Waals surface area contributed by atoms with Crippen molar-refractivity contribution in [1.29, 1.82) is 5.26 Å². The first kappa shape index (κ1) is 14.6. The Kier molecular flexibility index (Phi) is 4.80. The van der Waals surface area contributed by atoms with Crippen molar-refractivity contribution in [3.63, 3.8) is 0 Å². The zero-order valence-electron chi connectivity index (χ0n) is 10.1. The Bertz CT molecular complexity index is 702. The SMILES string of the molecule is N#C/C(=C/c1cccs1)C(=O)Nc1cccc(Cl)c1Cl. The summed E-state index contributed by atoms with van der Waals surface area (Å²) in [7, 11) is 0. The number of benzene rings is 1. The summed E-state index contributed by atoms with van der Waals surface area (Å²) in [5.41, 5.74) is 0.375. The maximum Gasteiger partial charge on any atom is 0.266 e. The van der Waals surface area contributed by atoms with E-state index in [0.717, 1.165) is 4.88 Å². The molecule has 0 saturated carbocycles. The van der Waals surface area contributed by atoms with Crippen LogP contribution in [0.25, 0.3) is 6.08 Å². The molecule has 0 radical (unpaired) electrons. The molecular weight excluding hydrogens is 315 g/mol. The van der Waals surface area contributed by atoms with Crippen molar-refractivity contribution >= 4 is 52.2 Å². The van der Waals surface area contributed by atoms with Gasteiger partial charge in [-0.3, -0.25) is 4.79 Å². The standard InChI is InChI=1S/C14H8Cl2N2OS/c15-11-4-1-5-12(13(11)16)18-14(19)9(8-17)7-10-3-2-6-20-10/h1-7H,(H,18,19)/b9-7-. The molecule has 0 aliphatic rings. The molecule has 0 bridgehead atoms. The monoisotopic (exact) mass is 322 g/mol. The number of nitrogens with zero attached hydrogens (tertiary/aromatic N) is 1. The molecule has 0 unspecified atom stereocenters. The summed E-state index contributed by atoms with van der Waals surface area (Å²) in [6, 6.07) is 10.4. The van der Waals surface area contributed by atoms with Crippen molar-refractivity contribution in [3.8, 4) is 6.07 Å². The molecule has 100 valence electrons. The fraction of sp³-hybridized carbons (Fsp3) is 0. The predicted octanol–water partition coefficient (Wildman–Crippen LogP) is 4.60. The maximum absolute atomic E-state index is 12.0. The number of rotatable bonds is 3. The van der Waals surface area contributed by atoms with Gasteiger partial charge in [0.1, 0.15) is 11.6 Å². The second-order valence-electron chi connectivity index (χ2n) is 3.74. The largest absolute Gasteiger partial charge is 0.320 e. The van der Waals surface area contributed by atoms with Crippen molar-refractivity contribution in [2.45, 2.75) is 0 Å². The molecular formula is C14H8Cl2N2OS. The van der Waals surface area contributed by atoms with Crippen LogP contribution in [0, 0.1) is 11.3 Å². The molecule has 2 rings (SSSR count). The predicted molar refractivity (Wildman–Crippen MR) is 83.0 cm³/mol. The lowest BCUT2D eigenvalue weighted by Gasteiger charge is -2.07. The highest BCUT2D eigenvalue weighted by Gasteiger charge is 2.12. The van der Waals surface area contributed by atoms with E-state index in [1.165, 1.54) is 17.4 Å². The third-order valence-electron chi connectivity index (χ3n) is 2.39. The Hall–Kier alpha value is -1.80. The van der Waals surface area contributed by atoms with E-state index in [9.17, 15) is 4.79 Å². The topological polar surface area (TPSA) is 52.9 Å². The Balaban J connectivity index is 2.23. The van der Waals surface area contributed by atoms with E-state index in [2.05, 4.69) is 5.32 Å². The average Bonchev–Trinajstić information content (AvgIpc) is 2.94. The van der Waals surface area contributed by atoms with Gasteiger partial charge in [0.15, 0.2) is 0 Å². The third kappa shape index (κ3) is 3.40. The number of thiophene rings is 1. The van der Waals surface area contributed by atoms with Gasteiger partial charge in [-0.1, -0.05) is 35.3 Å². The molecule has 0 saturated heterocycles. The lowest BCUT2D eigenvalue weighted by atomic mass is 10.2. The van der Waals surface area contributed by atoms with Crippen LogP contribution in [0.3, 0.4) is 0 Å². The second kappa shape index (κ2) is 6.58. The molecule has 0 spiro atoms. The fourth-order valence-electron chi connectivity index (χ4n) is 1.45. The zero-order chi connectivity index (χ0) is 14.5. The van der Waals surface area contributed by atoms with E-state index in [0.29, 0.717) is 10.7 Å². The highest BCUT2D eigenvalue weighted by Crippen LogP contribution is 2.29. The smallest absolute Gasteiger partial charge is 0.266 e. The number of halogens is 2. The average molecular weight is 323 g/mol. The zero-order valence-corrected chi connectivity index (χ0v) is 12.4. The highest BCUT2D eigenvalue weighted by molar-refractivity contribution is 7.10. The van der Waals surface area contributed by atoms with Gasteiger partial charge in [0, 0.05) is 4.88 Å². The first-order chi connectivity index (χ1) is 9.61. The summed E-state index contributed by atoms with van der Waals surface area (Å²) < 4.78 is 0. The summed E-state index contributed by atoms with van der Waals surface area (Å²) in [5, 5.41) is 14.1. The molecule has 1 aromatic carbocycles. The number of carbonyl (C=O) groups is 1. The van der Waals surface area contributed by atoms with E-state index in [4.69, 9.17) is 28.5 Å². The van der Waals surface area contributed by atoms with Gasteiger partial charge in [-0.2, -0.15) is 5.26 Å². The minimum absolute atomic E-state index is 0.00323. The van der Waals surface area contributed by atoms with Gasteiger partial charge in [-0.25, -0.2) is 0 Å². The Labute approximate surface area is 130 Å². The quantitative estimate of drug-likeness (QED) is 0.663. The Morgan fingerprint density at radius 1 is 1.30 bits per heavy atom. The van der Waals surface area contributed by atoms with Crippen LogP contribution in [-0.2, 0) is 4.79 Å². The van der Waals surface area contributed by atoms with E-state index in [1.807, 2.05) is 23.6 Å². The number of amides is 1. The van der Waals surface area contributed by atoms with Crippen LogP contribution >= 0.6 is 34.5 Å². The number of nitrogens with one attached hydrogen (secondary N) is 1.